The third-order valence-electron chi connectivity index (χ3n) is 6.34. The first-order chi connectivity index (χ1) is 17.2. The average molecular weight is 546 g/mol. The molecule has 0 aromatic heterocycles. The van der Waals surface area contributed by atoms with Crippen LogP contribution >= 0.6 is 0 Å². The van der Waals surface area contributed by atoms with E-state index in [1.54, 1.807) is 12.1 Å². The Morgan fingerprint density at radius 1 is 1.14 bits per heavy atom. The van der Waals surface area contributed by atoms with Gasteiger partial charge >= 0.3 is 12.1 Å². The van der Waals surface area contributed by atoms with E-state index in [2.05, 4.69) is 0 Å². The van der Waals surface area contributed by atoms with Gasteiger partial charge in [-0.05, 0) is 55.2 Å². The second kappa shape index (κ2) is 9.96. The minimum atomic E-state index is -4.76. The maximum Gasteiger partial charge on any atom is 0.416 e. The number of alkyl halides is 5. The highest BCUT2D eigenvalue weighted by Gasteiger charge is 2.37. The zero-order valence-corrected chi connectivity index (χ0v) is 20.3. The standard InChI is InChI=1S/C25H24F5NO5S/c26-24(27)10-8-16(9-11-24)12-17-4-6-22-21(13-17)31(15-19(36-22)5-7-23(32)33)37(34,35)20-3-1-2-18(14-20)25(28,29)30/h1-4,6,12-14,19H,5,7-11,15H2,(H,32,33). The van der Waals surface area contributed by atoms with Crippen LogP contribution in [0.5, 0.6) is 5.75 Å². The third kappa shape index (κ3) is 6.23. The van der Waals surface area contributed by atoms with Gasteiger partial charge < -0.3 is 9.84 Å². The monoisotopic (exact) mass is 545 g/mol. The summed E-state index contributed by atoms with van der Waals surface area (Å²) in [5.74, 6) is -3.71. The number of ether oxygens (including phenoxy) is 1. The predicted octanol–water partition coefficient (Wildman–Crippen LogP) is 6.12. The van der Waals surface area contributed by atoms with Gasteiger partial charge in [-0.2, -0.15) is 13.2 Å². The van der Waals surface area contributed by atoms with E-state index in [0.29, 0.717) is 11.6 Å². The quantitative estimate of drug-likeness (QED) is 0.443. The Morgan fingerprint density at radius 3 is 2.49 bits per heavy atom. The van der Waals surface area contributed by atoms with Crippen molar-refractivity contribution in [1.82, 2.24) is 0 Å². The number of carboxylic acids is 1. The number of fused-ring (bicyclic) bond motifs is 1. The van der Waals surface area contributed by atoms with Gasteiger partial charge in [0.05, 0.1) is 22.7 Å². The Morgan fingerprint density at radius 2 is 1.84 bits per heavy atom. The van der Waals surface area contributed by atoms with Crippen LogP contribution in [0.3, 0.4) is 0 Å². The average Bonchev–Trinajstić information content (AvgIpc) is 2.83. The molecule has 200 valence electrons. The van der Waals surface area contributed by atoms with Gasteiger partial charge in [-0.3, -0.25) is 9.10 Å². The zero-order valence-electron chi connectivity index (χ0n) is 19.5. The lowest BCUT2D eigenvalue weighted by Gasteiger charge is -2.35. The number of aliphatic carboxylic acids is 1. The molecule has 0 saturated heterocycles. The van der Waals surface area contributed by atoms with E-state index >= 15 is 0 Å². The Bertz CT molecular complexity index is 1310. The number of carboxylic acid groups (broad SMARTS) is 1. The molecule has 1 unspecified atom stereocenters. The topological polar surface area (TPSA) is 83.9 Å². The van der Waals surface area contributed by atoms with Crippen LogP contribution in [0.2, 0.25) is 0 Å². The van der Waals surface area contributed by atoms with Crippen molar-refractivity contribution in [1.29, 1.82) is 0 Å². The first kappa shape index (κ1) is 26.9. The van der Waals surface area contributed by atoms with Gasteiger partial charge in [0.15, 0.2) is 0 Å². The van der Waals surface area contributed by atoms with Crippen molar-refractivity contribution in [2.45, 2.75) is 61.6 Å². The number of hydrogen-bond donors (Lipinski definition) is 1. The molecule has 1 N–H and O–H groups in total. The molecule has 1 atom stereocenters. The van der Waals surface area contributed by atoms with Gasteiger partial charge in [0.25, 0.3) is 10.0 Å². The van der Waals surface area contributed by atoms with Crippen molar-refractivity contribution >= 4 is 27.8 Å². The van der Waals surface area contributed by atoms with Gasteiger partial charge in [-0.1, -0.05) is 23.8 Å². The van der Waals surface area contributed by atoms with Crippen molar-refractivity contribution in [2.75, 3.05) is 10.8 Å². The molecule has 12 heteroatoms. The summed E-state index contributed by atoms with van der Waals surface area (Å²) >= 11 is 0. The normalized spacial score (nSPS) is 19.6. The molecule has 2 aromatic carbocycles. The summed E-state index contributed by atoms with van der Waals surface area (Å²) in [6.45, 7) is -0.314. The Hall–Kier alpha value is -3.15. The van der Waals surface area contributed by atoms with E-state index in [1.165, 1.54) is 12.1 Å². The molecule has 2 aromatic rings. The molecule has 1 aliphatic carbocycles. The molecule has 1 saturated carbocycles. The molecule has 2 aliphatic rings. The lowest BCUT2D eigenvalue weighted by Crippen LogP contribution is -2.43. The van der Waals surface area contributed by atoms with E-state index in [0.717, 1.165) is 28.1 Å². The van der Waals surface area contributed by atoms with Crippen molar-refractivity contribution < 1.29 is 45.0 Å². The number of allylic oxidation sites excluding steroid dienone is 1. The van der Waals surface area contributed by atoms with E-state index in [4.69, 9.17) is 9.84 Å². The summed E-state index contributed by atoms with van der Waals surface area (Å²) < 4.78 is 101. The lowest BCUT2D eigenvalue weighted by atomic mass is 9.90. The summed E-state index contributed by atoms with van der Waals surface area (Å²) in [7, 11) is -4.51. The van der Waals surface area contributed by atoms with Crippen LogP contribution in [-0.2, 0) is 21.0 Å². The van der Waals surface area contributed by atoms with E-state index < -0.39 is 44.7 Å². The second-order valence-electron chi connectivity index (χ2n) is 9.12. The summed E-state index contributed by atoms with van der Waals surface area (Å²) in [4.78, 5) is 10.5. The molecule has 1 aliphatic heterocycles. The smallest absolute Gasteiger partial charge is 0.416 e. The number of benzene rings is 2. The summed E-state index contributed by atoms with van der Waals surface area (Å²) in [6.07, 6.45) is -4.43. The zero-order chi connectivity index (χ0) is 27.0. The number of carbonyl (C=O) groups is 1. The number of halogens is 5. The number of anilines is 1. The van der Waals surface area contributed by atoms with Crippen LogP contribution in [0.15, 0.2) is 52.9 Å². The summed E-state index contributed by atoms with van der Waals surface area (Å²) in [6, 6.07) is 7.95. The van der Waals surface area contributed by atoms with Crippen molar-refractivity contribution in [3.05, 3.63) is 59.2 Å². The number of sulfonamides is 1. The minimum absolute atomic E-state index is 0.0244. The fraction of sp³-hybridized carbons (Fsp3) is 0.400. The maximum atomic E-state index is 13.6. The van der Waals surface area contributed by atoms with Gasteiger partial charge in [0, 0.05) is 19.3 Å². The highest BCUT2D eigenvalue weighted by atomic mass is 32.2. The molecule has 0 spiro atoms. The summed E-state index contributed by atoms with van der Waals surface area (Å²) in [5.41, 5.74) is 0.238. The highest BCUT2D eigenvalue weighted by molar-refractivity contribution is 7.92. The first-order valence-corrected chi connectivity index (χ1v) is 13.0. The fourth-order valence-electron chi connectivity index (χ4n) is 4.36. The number of hydrogen-bond acceptors (Lipinski definition) is 4. The Kier molecular flexibility index (Phi) is 7.24. The Labute approximate surface area is 210 Å². The molecule has 0 amide bonds. The molecule has 1 fully saturated rings. The SMILES string of the molecule is O=C(O)CCC1CN(S(=O)(=O)c2cccc(C(F)(F)F)c2)c2cc(C=C3CCC(F)(F)CC3)ccc2O1. The maximum absolute atomic E-state index is 13.6. The molecule has 6 nitrogen and oxygen atoms in total. The van der Waals surface area contributed by atoms with E-state index in [1.807, 2.05) is 0 Å². The van der Waals surface area contributed by atoms with Gasteiger partial charge in [-0.25, -0.2) is 17.2 Å². The highest BCUT2D eigenvalue weighted by Crippen LogP contribution is 2.41. The Balaban J connectivity index is 1.73. The number of nitrogens with zero attached hydrogens (tertiary/aromatic N) is 1. The van der Waals surface area contributed by atoms with Gasteiger partial charge in [0.1, 0.15) is 11.9 Å². The van der Waals surface area contributed by atoms with Gasteiger partial charge in [0.2, 0.25) is 5.92 Å². The molecule has 1 heterocycles. The van der Waals surface area contributed by atoms with E-state index in [9.17, 15) is 35.2 Å². The third-order valence-corrected chi connectivity index (χ3v) is 8.11. The van der Waals surface area contributed by atoms with Crippen molar-refractivity contribution in [2.24, 2.45) is 0 Å². The largest absolute Gasteiger partial charge is 0.486 e. The van der Waals surface area contributed by atoms with Crippen molar-refractivity contribution in [3.8, 4) is 5.75 Å². The summed E-state index contributed by atoms with van der Waals surface area (Å²) in [5, 5.41) is 9.03. The van der Waals surface area contributed by atoms with E-state index in [-0.39, 0.29) is 56.5 Å². The van der Waals surface area contributed by atoms with Crippen LogP contribution in [0, 0.1) is 0 Å². The van der Waals surface area contributed by atoms with Crippen LogP contribution in [0.25, 0.3) is 6.08 Å². The molecular formula is C25H24F5NO5S. The first-order valence-electron chi connectivity index (χ1n) is 11.5. The lowest BCUT2D eigenvalue weighted by molar-refractivity contribution is -0.138. The van der Waals surface area contributed by atoms with Crippen LogP contribution in [0.4, 0.5) is 27.6 Å². The molecule has 0 radical (unpaired) electrons. The second-order valence-corrected chi connectivity index (χ2v) is 11.0. The predicted molar refractivity (Wildman–Crippen MR) is 125 cm³/mol. The molecule has 4 rings (SSSR count). The van der Waals surface area contributed by atoms with Crippen LogP contribution in [-0.4, -0.2) is 38.1 Å². The van der Waals surface area contributed by atoms with Crippen LogP contribution < -0.4 is 9.04 Å². The molecule has 0 bridgehead atoms. The van der Waals surface area contributed by atoms with Gasteiger partial charge in [-0.15, -0.1) is 0 Å². The fourth-order valence-corrected chi connectivity index (χ4v) is 5.90. The van der Waals surface area contributed by atoms with Crippen LogP contribution in [0.1, 0.15) is 49.7 Å². The minimum Gasteiger partial charge on any atom is -0.486 e. The number of rotatable bonds is 6. The van der Waals surface area contributed by atoms with Crippen molar-refractivity contribution in [3.63, 3.8) is 0 Å². The molecule has 37 heavy (non-hydrogen) atoms. The molecular weight excluding hydrogens is 521 g/mol.